The second-order valence-electron chi connectivity index (χ2n) is 3.89. The van der Waals surface area contributed by atoms with Crippen molar-refractivity contribution in [2.45, 2.75) is 6.54 Å². The molecule has 0 saturated carbocycles. The highest BCUT2D eigenvalue weighted by atomic mass is 16.1. The number of rotatable bonds is 1. The fraction of sp³-hybridized carbons (Fsp3) is 0.167. The largest absolute Gasteiger partial charge is 0.348 e. The van der Waals surface area contributed by atoms with Gasteiger partial charge in [-0.25, -0.2) is 0 Å². The first-order valence-electron chi connectivity index (χ1n) is 5.15. The van der Waals surface area contributed by atoms with Crippen LogP contribution in [0.2, 0.25) is 0 Å². The number of aryl methyl sites for hydroxylation is 1. The molecule has 16 heavy (non-hydrogen) atoms. The molecule has 1 aliphatic heterocycles. The molecular weight excluding hydrogens is 202 g/mol. The van der Waals surface area contributed by atoms with Gasteiger partial charge in [0.2, 0.25) is 0 Å². The molecule has 1 N–H and O–H groups in total. The second-order valence-corrected chi connectivity index (χ2v) is 3.89. The van der Waals surface area contributed by atoms with E-state index >= 15 is 0 Å². The van der Waals surface area contributed by atoms with E-state index in [1.165, 1.54) is 0 Å². The number of nitrogens with one attached hydrogen (secondary N) is 1. The molecule has 1 aromatic heterocycles. The molecule has 3 rings (SSSR count). The van der Waals surface area contributed by atoms with E-state index in [0.717, 1.165) is 22.4 Å². The summed E-state index contributed by atoms with van der Waals surface area (Å²) in [7, 11) is 1.91. The Kier molecular flexibility index (Phi) is 1.83. The topological polar surface area (TPSA) is 46.9 Å². The monoisotopic (exact) mass is 213 g/mol. The molecule has 0 aliphatic carbocycles. The first kappa shape index (κ1) is 9.15. The van der Waals surface area contributed by atoms with Gasteiger partial charge in [0.25, 0.3) is 5.91 Å². The molecule has 0 unspecified atom stereocenters. The van der Waals surface area contributed by atoms with Gasteiger partial charge >= 0.3 is 0 Å². The minimum atomic E-state index is 0.0200. The Bertz CT molecular complexity index is 571. The van der Waals surface area contributed by atoms with E-state index in [1.54, 1.807) is 6.20 Å². The molecular formula is C12H11N3O. The maximum absolute atomic E-state index is 11.4. The number of fused-ring (bicyclic) bond motifs is 1. The fourth-order valence-corrected chi connectivity index (χ4v) is 2.05. The van der Waals surface area contributed by atoms with Crippen LogP contribution < -0.4 is 5.32 Å². The van der Waals surface area contributed by atoms with E-state index in [4.69, 9.17) is 0 Å². The van der Waals surface area contributed by atoms with Crippen LogP contribution in [0, 0.1) is 0 Å². The summed E-state index contributed by atoms with van der Waals surface area (Å²) < 4.78 is 1.83. The highest BCUT2D eigenvalue weighted by Gasteiger charge is 2.19. The van der Waals surface area contributed by atoms with Gasteiger partial charge in [0, 0.05) is 30.9 Å². The smallest absolute Gasteiger partial charge is 0.251 e. The van der Waals surface area contributed by atoms with Crippen molar-refractivity contribution in [1.82, 2.24) is 15.1 Å². The normalized spacial score (nSPS) is 13.7. The molecule has 0 spiro atoms. The summed E-state index contributed by atoms with van der Waals surface area (Å²) in [5.74, 6) is 0.0200. The quantitative estimate of drug-likeness (QED) is 0.776. The molecule has 0 radical (unpaired) electrons. The van der Waals surface area contributed by atoms with Gasteiger partial charge < -0.3 is 5.32 Å². The highest BCUT2D eigenvalue weighted by molar-refractivity contribution is 5.98. The summed E-state index contributed by atoms with van der Waals surface area (Å²) in [4.78, 5) is 11.4. The molecule has 80 valence electrons. The van der Waals surface area contributed by atoms with Crippen LogP contribution in [0.5, 0.6) is 0 Å². The van der Waals surface area contributed by atoms with Gasteiger partial charge in [0.15, 0.2) is 0 Å². The van der Waals surface area contributed by atoms with Crippen molar-refractivity contribution >= 4 is 5.91 Å². The Morgan fingerprint density at radius 3 is 3.00 bits per heavy atom. The van der Waals surface area contributed by atoms with Crippen molar-refractivity contribution in [2.75, 3.05) is 0 Å². The number of nitrogens with zero attached hydrogens (tertiary/aromatic N) is 2. The van der Waals surface area contributed by atoms with Crippen molar-refractivity contribution in [3.8, 4) is 11.3 Å². The number of carbonyl (C=O) groups excluding carboxylic acids is 1. The van der Waals surface area contributed by atoms with E-state index < -0.39 is 0 Å². The molecule has 4 heteroatoms. The first-order chi connectivity index (χ1) is 7.75. The van der Waals surface area contributed by atoms with Crippen LogP contribution in [0.3, 0.4) is 0 Å². The predicted molar refractivity (Wildman–Crippen MR) is 59.8 cm³/mol. The molecule has 1 amide bonds. The summed E-state index contributed by atoms with van der Waals surface area (Å²) in [6.45, 7) is 0.625. The van der Waals surface area contributed by atoms with E-state index in [1.807, 2.05) is 36.0 Å². The lowest BCUT2D eigenvalue weighted by atomic mass is 10.0. The molecule has 0 fully saturated rings. The van der Waals surface area contributed by atoms with Crippen molar-refractivity contribution < 1.29 is 4.79 Å². The third-order valence-electron chi connectivity index (χ3n) is 2.91. The lowest BCUT2D eigenvalue weighted by Crippen LogP contribution is -2.12. The number of hydrogen-bond donors (Lipinski definition) is 1. The summed E-state index contributed by atoms with van der Waals surface area (Å²) in [6, 6.07) is 7.84. The number of hydrogen-bond acceptors (Lipinski definition) is 2. The van der Waals surface area contributed by atoms with Crippen LogP contribution in [0.15, 0.2) is 30.5 Å². The van der Waals surface area contributed by atoms with Crippen LogP contribution in [-0.2, 0) is 13.6 Å². The average Bonchev–Trinajstić information content (AvgIpc) is 2.86. The van der Waals surface area contributed by atoms with Crippen molar-refractivity contribution in [3.63, 3.8) is 0 Å². The summed E-state index contributed by atoms with van der Waals surface area (Å²) >= 11 is 0. The maximum atomic E-state index is 11.4. The van der Waals surface area contributed by atoms with Gasteiger partial charge in [-0.2, -0.15) is 5.10 Å². The minimum Gasteiger partial charge on any atom is -0.348 e. The molecule has 2 aromatic rings. The van der Waals surface area contributed by atoms with E-state index in [2.05, 4.69) is 10.4 Å². The Morgan fingerprint density at radius 2 is 2.25 bits per heavy atom. The zero-order valence-corrected chi connectivity index (χ0v) is 8.90. The minimum absolute atomic E-state index is 0.0200. The van der Waals surface area contributed by atoms with Gasteiger partial charge in [-0.3, -0.25) is 9.48 Å². The predicted octanol–water partition coefficient (Wildman–Crippen LogP) is 1.33. The number of carbonyl (C=O) groups is 1. The molecule has 0 bridgehead atoms. The van der Waals surface area contributed by atoms with Crippen LogP contribution >= 0.6 is 0 Å². The summed E-state index contributed by atoms with van der Waals surface area (Å²) in [5.41, 5.74) is 3.99. The second kappa shape index (κ2) is 3.20. The van der Waals surface area contributed by atoms with Crippen LogP contribution in [0.1, 0.15) is 15.9 Å². The Hall–Kier alpha value is -2.10. The zero-order valence-electron chi connectivity index (χ0n) is 8.90. The number of benzene rings is 1. The number of aromatic nitrogens is 2. The lowest BCUT2D eigenvalue weighted by Gasteiger charge is -2.03. The van der Waals surface area contributed by atoms with Gasteiger partial charge in [-0.05, 0) is 23.8 Å². The van der Waals surface area contributed by atoms with Gasteiger partial charge in [0.05, 0.1) is 5.69 Å². The van der Waals surface area contributed by atoms with Crippen molar-refractivity contribution in [3.05, 3.63) is 41.6 Å². The standard InChI is InChI=1S/C12H11N3O/c1-15-11(4-5-14-15)8-2-3-10-9(6-8)7-13-12(10)16/h2-6H,7H2,1H3,(H,13,16). The molecule has 0 atom stereocenters. The lowest BCUT2D eigenvalue weighted by molar-refractivity contribution is 0.0966. The van der Waals surface area contributed by atoms with E-state index in [0.29, 0.717) is 6.54 Å². The molecule has 2 heterocycles. The van der Waals surface area contributed by atoms with Gasteiger partial charge in [-0.15, -0.1) is 0 Å². The summed E-state index contributed by atoms with van der Waals surface area (Å²) in [6.07, 6.45) is 1.77. The van der Waals surface area contributed by atoms with Crippen molar-refractivity contribution in [1.29, 1.82) is 0 Å². The van der Waals surface area contributed by atoms with Crippen molar-refractivity contribution in [2.24, 2.45) is 7.05 Å². The third kappa shape index (κ3) is 1.23. The Labute approximate surface area is 92.9 Å². The van der Waals surface area contributed by atoms with Gasteiger partial charge in [0.1, 0.15) is 0 Å². The van der Waals surface area contributed by atoms with E-state index in [9.17, 15) is 4.79 Å². The zero-order chi connectivity index (χ0) is 11.1. The third-order valence-corrected chi connectivity index (χ3v) is 2.91. The van der Waals surface area contributed by atoms with E-state index in [-0.39, 0.29) is 5.91 Å². The molecule has 0 saturated heterocycles. The molecule has 1 aromatic carbocycles. The van der Waals surface area contributed by atoms with Crippen LogP contribution in [0.25, 0.3) is 11.3 Å². The average molecular weight is 213 g/mol. The van der Waals surface area contributed by atoms with Crippen LogP contribution in [-0.4, -0.2) is 15.7 Å². The van der Waals surface area contributed by atoms with Crippen LogP contribution in [0.4, 0.5) is 0 Å². The Balaban J connectivity index is 2.12. The fourth-order valence-electron chi connectivity index (χ4n) is 2.05. The summed E-state index contributed by atoms with van der Waals surface area (Å²) in [5, 5.41) is 6.95. The molecule has 1 aliphatic rings. The highest BCUT2D eigenvalue weighted by Crippen LogP contribution is 2.24. The van der Waals surface area contributed by atoms with Gasteiger partial charge in [-0.1, -0.05) is 6.07 Å². The SMILES string of the molecule is Cn1nccc1-c1ccc2c(c1)CNC2=O. The maximum Gasteiger partial charge on any atom is 0.251 e. The first-order valence-corrected chi connectivity index (χ1v) is 5.15. The molecule has 4 nitrogen and oxygen atoms in total. The number of amides is 1. The Morgan fingerprint density at radius 1 is 1.38 bits per heavy atom.